The van der Waals surface area contributed by atoms with Crippen LogP contribution in [-0.4, -0.2) is 28.7 Å². The molecule has 1 aliphatic rings. The van der Waals surface area contributed by atoms with Crippen molar-refractivity contribution in [3.05, 3.63) is 35.8 Å². The number of aliphatic imine (C=N–C) groups is 1. The van der Waals surface area contributed by atoms with Crippen LogP contribution in [0.4, 0.5) is 0 Å². The lowest BCUT2D eigenvalue weighted by molar-refractivity contribution is -0.121. The van der Waals surface area contributed by atoms with Gasteiger partial charge in [0.05, 0.1) is 5.69 Å². The minimum atomic E-state index is -0.0850. The third-order valence-electron chi connectivity index (χ3n) is 2.26. The second-order valence-corrected chi connectivity index (χ2v) is 3.31. The molecular weight excluding hydrogens is 190 g/mol. The maximum atomic E-state index is 11.6. The summed E-state index contributed by atoms with van der Waals surface area (Å²) in [5, 5.41) is 0. The molecule has 0 spiro atoms. The van der Waals surface area contributed by atoms with Crippen molar-refractivity contribution in [2.45, 2.75) is 6.92 Å². The van der Waals surface area contributed by atoms with Gasteiger partial charge in [0, 0.05) is 13.2 Å². The average molecular weight is 201 g/mol. The van der Waals surface area contributed by atoms with Gasteiger partial charge in [-0.3, -0.25) is 14.7 Å². The van der Waals surface area contributed by atoms with Gasteiger partial charge in [-0.15, -0.1) is 0 Å². The zero-order valence-corrected chi connectivity index (χ0v) is 8.64. The molecule has 0 saturated carbocycles. The Bertz CT molecular complexity index is 448. The minimum Gasteiger partial charge on any atom is -0.298 e. The molecule has 4 nitrogen and oxygen atoms in total. The van der Waals surface area contributed by atoms with Crippen LogP contribution >= 0.6 is 0 Å². The Hall–Kier alpha value is -1.97. The predicted octanol–water partition coefficient (Wildman–Crippen LogP) is 1.31. The van der Waals surface area contributed by atoms with Crippen molar-refractivity contribution < 1.29 is 4.79 Å². The fourth-order valence-electron chi connectivity index (χ4n) is 1.31. The number of rotatable bonds is 1. The number of nitrogens with zero attached hydrogens (tertiary/aromatic N) is 3. The second-order valence-electron chi connectivity index (χ2n) is 3.31. The first kappa shape index (κ1) is 9.58. The van der Waals surface area contributed by atoms with Crippen molar-refractivity contribution in [3.63, 3.8) is 0 Å². The Balaban J connectivity index is 2.34. The fourth-order valence-corrected chi connectivity index (χ4v) is 1.31. The van der Waals surface area contributed by atoms with E-state index in [1.54, 1.807) is 26.2 Å². The zero-order chi connectivity index (χ0) is 10.8. The van der Waals surface area contributed by atoms with Gasteiger partial charge in [0.1, 0.15) is 11.5 Å². The van der Waals surface area contributed by atoms with Gasteiger partial charge >= 0.3 is 0 Å². The molecule has 1 aromatic rings. The molecule has 0 bridgehead atoms. The number of aromatic nitrogens is 1. The Kier molecular flexibility index (Phi) is 2.33. The molecular formula is C11H11N3O. The van der Waals surface area contributed by atoms with Crippen LogP contribution in [0.1, 0.15) is 12.6 Å². The van der Waals surface area contributed by atoms with Gasteiger partial charge < -0.3 is 0 Å². The van der Waals surface area contributed by atoms with Gasteiger partial charge in [-0.25, -0.2) is 4.99 Å². The smallest absolute Gasteiger partial charge is 0.277 e. The number of hydrogen-bond donors (Lipinski definition) is 0. The number of carbonyl (C=O) groups is 1. The highest BCUT2D eigenvalue weighted by Crippen LogP contribution is 2.15. The first-order valence-electron chi connectivity index (χ1n) is 4.64. The number of amides is 1. The van der Waals surface area contributed by atoms with Gasteiger partial charge in [0.25, 0.3) is 5.91 Å². The monoisotopic (exact) mass is 201 g/mol. The van der Waals surface area contributed by atoms with Crippen molar-refractivity contribution in [1.82, 2.24) is 9.88 Å². The molecule has 0 aliphatic carbocycles. The van der Waals surface area contributed by atoms with Crippen LogP contribution in [0.2, 0.25) is 0 Å². The summed E-state index contributed by atoms with van der Waals surface area (Å²) in [5.41, 5.74) is 1.18. The minimum absolute atomic E-state index is 0.0850. The summed E-state index contributed by atoms with van der Waals surface area (Å²) in [4.78, 5) is 21.4. The molecule has 1 aliphatic heterocycles. The van der Waals surface area contributed by atoms with E-state index in [4.69, 9.17) is 0 Å². The standard InChI is InChI=1S/C11H11N3O/c1-8-13-10(11(15)14(8)2)7-9-5-3-4-6-12-9/h3-7H,1-2H3/b10-7+. The molecule has 2 rings (SSSR count). The molecule has 0 unspecified atom stereocenters. The molecule has 0 N–H and O–H groups in total. The quantitative estimate of drug-likeness (QED) is 0.643. The van der Waals surface area contributed by atoms with Gasteiger partial charge in [0.15, 0.2) is 0 Å². The maximum Gasteiger partial charge on any atom is 0.277 e. The van der Waals surface area contributed by atoms with Crippen LogP contribution in [0.15, 0.2) is 35.1 Å². The number of pyridine rings is 1. The number of amidine groups is 1. The molecule has 1 amide bonds. The van der Waals surface area contributed by atoms with Gasteiger partial charge in [-0.05, 0) is 25.1 Å². The molecule has 0 radical (unpaired) electrons. The van der Waals surface area contributed by atoms with Crippen LogP contribution in [0.3, 0.4) is 0 Å². The lowest BCUT2D eigenvalue weighted by atomic mass is 10.3. The summed E-state index contributed by atoms with van der Waals surface area (Å²) in [6.07, 6.45) is 3.38. The topological polar surface area (TPSA) is 45.6 Å². The van der Waals surface area contributed by atoms with Crippen LogP contribution < -0.4 is 0 Å². The number of hydrogen-bond acceptors (Lipinski definition) is 3. The molecule has 0 fully saturated rings. The first-order valence-corrected chi connectivity index (χ1v) is 4.64. The van der Waals surface area contributed by atoms with E-state index in [9.17, 15) is 4.79 Å². The van der Waals surface area contributed by atoms with Gasteiger partial charge in [0.2, 0.25) is 0 Å². The summed E-state index contributed by atoms with van der Waals surface area (Å²) in [7, 11) is 1.71. The molecule has 0 aromatic carbocycles. The summed E-state index contributed by atoms with van der Waals surface area (Å²) in [5.74, 6) is 0.625. The van der Waals surface area contributed by atoms with E-state index in [2.05, 4.69) is 9.98 Å². The number of carbonyl (C=O) groups excluding carboxylic acids is 1. The molecule has 15 heavy (non-hydrogen) atoms. The lowest BCUT2D eigenvalue weighted by Gasteiger charge is -2.05. The van der Waals surface area contributed by atoms with E-state index in [1.807, 2.05) is 18.2 Å². The van der Waals surface area contributed by atoms with Gasteiger partial charge in [-0.1, -0.05) is 6.07 Å². The Morgan fingerprint density at radius 1 is 1.40 bits per heavy atom. The normalized spacial score (nSPS) is 18.5. The van der Waals surface area contributed by atoms with Crippen molar-refractivity contribution in [3.8, 4) is 0 Å². The largest absolute Gasteiger partial charge is 0.298 e. The van der Waals surface area contributed by atoms with E-state index in [-0.39, 0.29) is 5.91 Å². The SMILES string of the molecule is CC1=N/C(=C/c2ccccn2)C(=O)N1C. The maximum absolute atomic E-state index is 11.6. The van der Waals surface area contributed by atoms with Crippen LogP contribution in [0.5, 0.6) is 0 Å². The summed E-state index contributed by atoms with van der Waals surface area (Å²) in [6.45, 7) is 1.80. The van der Waals surface area contributed by atoms with E-state index in [0.29, 0.717) is 11.5 Å². The van der Waals surface area contributed by atoms with Crippen molar-refractivity contribution in [2.75, 3.05) is 7.05 Å². The highest BCUT2D eigenvalue weighted by atomic mass is 16.2. The highest BCUT2D eigenvalue weighted by Gasteiger charge is 2.23. The predicted molar refractivity (Wildman–Crippen MR) is 58.1 cm³/mol. The van der Waals surface area contributed by atoms with E-state index in [0.717, 1.165) is 5.69 Å². The molecule has 2 heterocycles. The molecule has 1 aromatic heterocycles. The molecule has 4 heteroatoms. The van der Waals surface area contributed by atoms with E-state index < -0.39 is 0 Å². The van der Waals surface area contributed by atoms with Gasteiger partial charge in [-0.2, -0.15) is 0 Å². The van der Waals surface area contributed by atoms with Crippen LogP contribution in [0.25, 0.3) is 6.08 Å². The molecule has 0 atom stereocenters. The highest BCUT2D eigenvalue weighted by molar-refractivity contribution is 6.13. The van der Waals surface area contributed by atoms with E-state index in [1.165, 1.54) is 4.90 Å². The third-order valence-corrected chi connectivity index (χ3v) is 2.26. The van der Waals surface area contributed by atoms with E-state index >= 15 is 0 Å². The van der Waals surface area contributed by atoms with Crippen molar-refractivity contribution in [1.29, 1.82) is 0 Å². The Labute approximate surface area is 88.0 Å². The lowest BCUT2D eigenvalue weighted by Crippen LogP contribution is -2.25. The summed E-state index contributed by atoms with van der Waals surface area (Å²) in [6, 6.07) is 5.54. The Morgan fingerprint density at radius 3 is 2.73 bits per heavy atom. The fraction of sp³-hybridized carbons (Fsp3) is 0.182. The second kappa shape index (κ2) is 3.65. The molecule has 0 saturated heterocycles. The van der Waals surface area contributed by atoms with Crippen molar-refractivity contribution in [2.24, 2.45) is 4.99 Å². The zero-order valence-electron chi connectivity index (χ0n) is 8.64. The molecule has 76 valence electrons. The third kappa shape index (κ3) is 1.79. The average Bonchev–Trinajstić information content (AvgIpc) is 2.48. The van der Waals surface area contributed by atoms with Crippen LogP contribution in [-0.2, 0) is 4.79 Å². The van der Waals surface area contributed by atoms with Crippen molar-refractivity contribution >= 4 is 17.8 Å². The van der Waals surface area contributed by atoms with Crippen LogP contribution in [0, 0.1) is 0 Å². The summed E-state index contributed by atoms with van der Waals surface area (Å²) < 4.78 is 0. The summed E-state index contributed by atoms with van der Waals surface area (Å²) >= 11 is 0. The first-order chi connectivity index (χ1) is 7.18. The Morgan fingerprint density at radius 2 is 2.20 bits per heavy atom. The number of likely N-dealkylation sites (N-methyl/N-ethyl adjacent to an activating group) is 1.